The van der Waals surface area contributed by atoms with E-state index in [0.29, 0.717) is 6.54 Å². The van der Waals surface area contributed by atoms with Crippen molar-refractivity contribution in [3.05, 3.63) is 70.5 Å². The molecule has 0 atom stereocenters. The highest BCUT2D eigenvalue weighted by Gasteiger charge is 2.10. The predicted molar refractivity (Wildman–Crippen MR) is 69.0 cm³/mol. The van der Waals surface area contributed by atoms with Crippen molar-refractivity contribution < 1.29 is 9.18 Å². The molecule has 2 nitrogen and oxygen atoms in total. The van der Waals surface area contributed by atoms with Crippen molar-refractivity contribution in [1.29, 1.82) is 0 Å². The summed E-state index contributed by atoms with van der Waals surface area (Å²) in [5, 5.41) is 2.93. The van der Waals surface area contributed by atoms with Crippen LogP contribution in [0.4, 0.5) is 4.39 Å². The minimum Gasteiger partial charge on any atom is -0.348 e. The molecule has 0 bridgehead atoms. The zero-order valence-electron chi connectivity index (χ0n) is 9.49. The molecule has 0 fully saturated rings. The summed E-state index contributed by atoms with van der Waals surface area (Å²) in [6.07, 6.45) is 0. The molecule has 2 aromatic carbocycles. The number of benzene rings is 2. The zero-order valence-corrected chi connectivity index (χ0v) is 10.2. The first-order valence-corrected chi connectivity index (χ1v) is 5.82. The Balaban J connectivity index is 2.06. The van der Waals surface area contributed by atoms with E-state index in [9.17, 15) is 9.18 Å². The van der Waals surface area contributed by atoms with E-state index in [-0.39, 0.29) is 16.5 Å². The fraction of sp³-hybridized carbons (Fsp3) is 0.0714. The van der Waals surface area contributed by atoms with Crippen LogP contribution in [0.25, 0.3) is 0 Å². The summed E-state index contributed by atoms with van der Waals surface area (Å²) in [7, 11) is 0. The van der Waals surface area contributed by atoms with Gasteiger partial charge in [0.2, 0.25) is 0 Å². The van der Waals surface area contributed by atoms with Crippen LogP contribution in [0, 0.1) is 5.82 Å². The molecule has 92 valence electrons. The van der Waals surface area contributed by atoms with Crippen molar-refractivity contribution in [2.75, 3.05) is 0 Å². The molecule has 0 unspecified atom stereocenters. The molecule has 2 rings (SSSR count). The first-order valence-electron chi connectivity index (χ1n) is 5.44. The Bertz CT molecular complexity index is 557. The lowest BCUT2D eigenvalue weighted by molar-refractivity contribution is 0.0950. The fourth-order valence-corrected chi connectivity index (χ4v) is 1.75. The van der Waals surface area contributed by atoms with Crippen molar-refractivity contribution in [3.63, 3.8) is 0 Å². The lowest BCUT2D eigenvalue weighted by Gasteiger charge is -2.06. The van der Waals surface area contributed by atoms with Crippen molar-refractivity contribution in [2.45, 2.75) is 6.54 Å². The van der Waals surface area contributed by atoms with Gasteiger partial charge in [0.15, 0.2) is 0 Å². The van der Waals surface area contributed by atoms with Crippen molar-refractivity contribution in [2.24, 2.45) is 0 Å². The van der Waals surface area contributed by atoms with Gasteiger partial charge in [-0.05, 0) is 23.8 Å². The van der Waals surface area contributed by atoms with Crippen LogP contribution < -0.4 is 5.32 Å². The highest BCUT2D eigenvalue weighted by Crippen LogP contribution is 2.16. The summed E-state index contributed by atoms with van der Waals surface area (Å²) in [4.78, 5) is 11.8. The molecule has 1 amide bonds. The molecule has 0 aliphatic rings. The quantitative estimate of drug-likeness (QED) is 0.903. The maximum absolute atomic E-state index is 13.0. The summed E-state index contributed by atoms with van der Waals surface area (Å²) in [6.45, 7) is 0.381. The normalized spacial score (nSPS) is 10.1. The second-order valence-electron chi connectivity index (χ2n) is 3.79. The van der Waals surface area contributed by atoms with E-state index in [1.807, 2.05) is 30.3 Å². The Morgan fingerprint density at radius 2 is 1.89 bits per heavy atom. The molecule has 0 saturated carbocycles. The Hall–Kier alpha value is -1.87. The van der Waals surface area contributed by atoms with Gasteiger partial charge in [-0.1, -0.05) is 41.9 Å². The van der Waals surface area contributed by atoms with Gasteiger partial charge in [-0.2, -0.15) is 0 Å². The standard InChI is InChI=1S/C14H11ClFNO/c15-13-7-6-11(16)8-12(13)14(18)17-9-10-4-2-1-3-5-10/h1-8H,9H2,(H,17,18). The third-order valence-corrected chi connectivity index (χ3v) is 2.80. The van der Waals surface area contributed by atoms with Crippen LogP contribution in [0.5, 0.6) is 0 Å². The number of carbonyl (C=O) groups excluding carboxylic acids is 1. The smallest absolute Gasteiger partial charge is 0.253 e. The summed E-state index contributed by atoms with van der Waals surface area (Å²) < 4.78 is 13.0. The van der Waals surface area contributed by atoms with Gasteiger partial charge in [0.05, 0.1) is 10.6 Å². The third kappa shape index (κ3) is 3.08. The number of halogens is 2. The van der Waals surface area contributed by atoms with Gasteiger partial charge in [0, 0.05) is 6.54 Å². The van der Waals surface area contributed by atoms with Crippen LogP contribution in [0.3, 0.4) is 0 Å². The van der Waals surface area contributed by atoms with E-state index in [4.69, 9.17) is 11.6 Å². The molecule has 0 aromatic heterocycles. The second-order valence-corrected chi connectivity index (χ2v) is 4.20. The zero-order chi connectivity index (χ0) is 13.0. The van der Waals surface area contributed by atoms with Crippen LogP contribution in [0.2, 0.25) is 5.02 Å². The number of hydrogen-bond donors (Lipinski definition) is 1. The summed E-state index contributed by atoms with van der Waals surface area (Å²) in [5.74, 6) is -0.868. The first kappa shape index (κ1) is 12.6. The summed E-state index contributed by atoms with van der Waals surface area (Å²) >= 11 is 5.85. The molecule has 0 spiro atoms. The average molecular weight is 264 g/mol. The SMILES string of the molecule is O=C(NCc1ccccc1)c1cc(F)ccc1Cl. The highest BCUT2D eigenvalue weighted by atomic mass is 35.5. The minimum absolute atomic E-state index is 0.146. The third-order valence-electron chi connectivity index (χ3n) is 2.47. The van der Waals surface area contributed by atoms with Crippen molar-refractivity contribution in [1.82, 2.24) is 5.32 Å². The van der Waals surface area contributed by atoms with Crippen LogP contribution in [-0.2, 0) is 6.54 Å². The highest BCUT2D eigenvalue weighted by molar-refractivity contribution is 6.33. The van der Waals surface area contributed by atoms with Gasteiger partial charge in [-0.15, -0.1) is 0 Å². The Morgan fingerprint density at radius 1 is 1.17 bits per heavy atom. The molecule has 1 N–H and O–H groups in total. The summed E-state index contributed by atoms with van der Waals surface area (Å²) in [5.41, 5.74) is 1.12. The monoisotopic (exact) mass is 263 g/mol. The van der Waals surface area contributed by atoms with Gasteiger partial charge in [0.25, 0.3) is 5.91 Å². The molecular formula is C14H11ClFNO. The van der Waals surface area contributed by atoms with Crippen molar-refractivity contribution in [3.8, 4) is 0 Å². The van der Waals surface area contributed by atoms with E-state index >= 15 is 0 Å². The van der Waals surface area contributed by atoms with E-state index in [0.717, 1.165) is 11.6 Å². The van der Waals surface area contributed by atoms with Crippen LogP contribution in [0.1, 0.15) is 15.9 Å². The minimum atomic E-state index is -0.482. The number of rotatable bonds is 3. The van der Waals surface area contributed by atoms with Gasteiger partial charge < -0.3 is 5.32 Å². The summed E-state index contributed by atoms with van der Waals surface area (Å²) in [6, 6.07) is 13.2. The molecule has 4 heteroatoms. The Labute approximate surface area is 109 Å². The number of hydrogen-bond acceptors (Lipinski definition) is 1. The van der Waals surface area contributed by atoms with Gasteiger partial charge in [0.1, 0.15) is 5.82 Å². The Morgan fingerprint density at radius 3 is 2.61 bits per heavy atom. The van der Waals surface area contributed by atoms with Crippen molar-refractivity contribution >= 4 is 17.5 Å². The number of nitrogens with one attached hydrogen (secondary N) is 1. The lowest BCUT2D eigenvalue weighted by Crippen LogP contribution is -2.23. The predicted octanol–water partition coefficient (Wildman–Crippen LogP) is 3.41. The van der Waals surface area contributed by atoms with Crippen LogP contribution in [-0.4, -0.2) is 5.91 Å². The first-order chi connectivity index (χ1) is 8.66. The van der Waals surface area contributed by atoms with Gasteiger partial charge >= 0.3 is 0 Å². The van der Waals surface area contributed by atoms with E-state index in [1.165, 1.54) is 12.1 Å². The molecule has 0 aliphatic heterocycles. The molecule has 0 aliphatic carbocycles. The van der Waals surface area contributed by atoms with Crippen LogP contribution >= 0.6 is 11.6 Å². The average Bonchev–Trinajstić information content (AvgIpc) is 2.40. The molecule has 0 saturated heterocycles. The molecule has 0 heterocycles. The molecule has 2 aromatic rings. The van der Waals surface area contributed by atoms with E-state index in [2.05, 4.69) is 5.32 Å². The van der Waals surface area contributed by atoms with Gasteiger partial charge in [-0.25, -0.2) is 4.39 Å². The van der Waals surface area contributed by atoms with E-state index in [1.54, 1.807) is 0 Å². The largest absolute Gasteiger partial charge is 0.348 e. The maximum Gasteiger partial charge on any atom is 0.253 e. The van der Waals surface area contributed by atoms with Crippen LogP contribution in [0.15, 0.2) is 48.5 Å². The molecular weight excluding hydrogens is 253 g/mol. The topological polar surface area (TPSA) is 29.1 Å². The Kier molecular flexibility index (Phi) is 3.95. The second kappa shape index (κ2) is 5.65. The maximum atomic E-state index is 13.0. The fourth-order valence-electron chi connectivity index (χ4n) is 1.54. The number of carbonyl (C=O) groups is 1. The van der Waals surface area contributed by atoms with Gasteiger partial charge in [-0.3, -0.25) is 4.79 Å². The lowest BCUT2D eigenvalue weighted by atomic mass is 10.2. The molecule has 18 heavy (non-hydrogen) atoms. The molecule has 0 radical (unpaired) electrons. The van der Waals surface area contributed by atoms with E-state index < -0.39 is 5.82 Å². The number of amides is 1.